The average molecular weight is 635 g/mol. The van der Waals surface area contributed by atoms with Gasteiger partial charge in [-0.1, -0.05) is 26.7 Å². The van der Waals surface area contributed by atoms with E-state index in [-0.39, 0.29) is 5.03 Å². The fourth-order valence-corrected chi connectivity index (χ4v) is 6.20. The molecule has 0 bridgehead atoms. The molecule has 0 N–H and O–H groups in total. The van der Waals surface area contributed by atoms with E-state index in [9.17, 15) is 8.42 Å². The molecular formula is C30H38N10O2S2. The molecule has 0 aliphatic rings. The largest absolute Gasteiger partial charge is 0.295 e. The Bertz CT molecular complexity index is 2000. The lowest BCUT2D eigenvalue weighted by Crippen LogP contribution is -2.08. The molecule has 0 saturated heterocycles. The zero-order valence-corrected chi connectivity index (χ0v) is 27.6. The molecule has 0 atom stereocenters. The molecule has 0 saturated carbocycles. The Labute approximate surface area is 261 Å². The predicted octanol–water partition coefficient (Wildman–Crippen LogP) is 5.07. The van der Waals surface area contributed by atoms with Gasteiger partial charge >= 0.3 is 0 Å². The van der Waals surface area contributed by atoms with Gasteiger partial charge in [0.2, 0.25) is 0 Å². The lowest BCUT2D eigenvalue weighted by molar-refractivity contribution is 0.597. The number of aromatic nitrogens is 10. The first-order valence-corrected chi connectivity index (χ1v) is 17.7. The van der Waals surface area contributed by atoms with E-state index in [1.807, 2.05) is 56.0 Å². The number of thioether (sulfide) groups is 1. The van der Waals surface area contributed by atoms with Gasteiger partial charge in [-0.25, -0.2) is 28.4 Å². The quantitative estimate of drug-likeness (QED) is 0.190. The number of unbranched alkanes of at least 4 members (excludes halogenated alkanes) is 2. The minimum absolute atomic E-state index is 0.0289. The van der Waals surface area contributed by atoms with E-state index in [1.54, 1.807) is 33.2 Å². The molecule has 0 aliphatic heterocycles. The third-order valence-corrected chi connectivity index (χ3v) is 8.78. The van der Waals surface area contributed by atoms with Crippen LogP contribution in [0.1, 0.15) is 50.9 Å². The van der Waals surface area contributed by atoms with Crippen molar-refractivity contribution in [3.63, 3.8) is 0 Å². The molecule has 44 heavy (non-hydrogen) atoms. The second kappa shape index (κ2) is 13.3. The van der Waals surface area contributed by atoms with E-state index in [1.165, 1.54) is 6.42 Å². The van der Waals surface area contributed by atoms with Crippen molar-refractivity contribution in [1.29, 1.82) is 0 Å². The number of rotatable bonds is 10. The van der Waals surface area contributed by atoms with E-state index in [0.29, 0.717) is 5.65 Å². The van der Waals surface area contributed by atoms with Crippen LogP contribution in [0.3, 0.4) is 0 Å². The Morgan fingerprint density at radius 1 is 0.727 bits per heavy atom. The molecule has 6 aromatic heterocycles. The molecule has 6 rings (SSSR count). The van der Waals surface area contributed by atoms with E-state index < -0.39 is 9.84 Å². The molecule has 6 heterocycles. The van der Waals surface area contributed by atoms with Gasteiger partial charge in [-0.15, -0.1) is 11.8 Å². The molecule has 0 aromatic carbocycles. The smallest absolute Gasteiger partial charge is 0.198 e. The van der Waals surface area contributed by atoms with Gasteiger partial charge in [0.15, 0.2) is 26.2 Å². The summed E-state index contributed by atoms with van der Waals surface area (Å²) in [5.41, 5.74) is 6.97. The van der Waals surface area contributed by atoms with Crippen LogP contribution in [0.2, 0.25) is 0 Å². The van der Waals surface area contributed by atoms with Crippen molar-refractivity contribution < 1.29 is 8.42 Å². The lowest BCUT2D eigenvalue weighted by Gasteiger charge is -2.07. The summed E-state index contributed by atoms with van der Waals surface area (Å²) in [6.07, 6.45) is 24.3. The molecule has 12 nitrogen and oxygen atoms in total. The van der Waals surface area contributed by atoms with Gasteiger partial charge in [0.05, 0.1) is 47.6 Å². The zero-order chi connectivity index (χ0) is 31.4. The van der Waals surface area contributed by atoms with Crippen LogP contribution in [0.25, 0.3) is 33.8 Å². The zero-order valence-electron chi connectivity index (χ0n) is 26.0. The number of nitrogens with zero attached hydrogens (tertiary/aromatic N) is 10. The molecular weight excluding hydrogens is 597 g/mol. The van der Waals surface area contributed by atoms with Gasteiger partial charge in [0.25, 0.3) is 0 Å². The van der Waals surface area contributed by atoms with Crippen LogP contribution in [0.15, 0.2) is 59.6 Å². The highest BCUT2D eigenvalue weighted by atomic mass is 32.2. The summed E-state index contributed by atoms with van der Waals surface area (Å²) in [6, 6.07) is 0. The second-order valence-corrected chi connectivity index (χ2v) is 13.5. The monoisotopic (exact) mass is 634 g/mol. The SMILES string of the molecule is CCCCc1cn2c(-c3cnn(C)c3)cnc2c(S(C)(=O)=O)n1.CCCCc1cn2c(-c3cnn(C)c3)cnc2c(SC)n1. The second-order valence-electron chi connectivity index (χ2n) is 10.7. The predicted molar refractivity (Wildman–Crippen MR) is 172 cm³/mol. The summed E-state index contributed by atoms with van der Waals surface area (Å²) < 4.78 is 31.6. The van der Waals surface area contributed by atoms with E-state index in [4.69, 9.17) is 4.98 Å². The molecule has 14 heteroatoms. The summed E-state index contributed by atoms with van der Waals surface area (Å²) >= 11 is 1.64. The molecule has 0 fully saturated rings. The van der Waals surface area contributed by atoms with E-state index in [2.05, 4.69) is 49.6 Å². The van der Waals surface area contributed by atoms with Crippen LogP contribution in [0.4, 0.5) is 0 Å². The van der Waals surface area contributed by atoms with Crippen LogP contribution in [0, 0.1) is 0 Å². The van der Waals surface area contributed by atoms with Crippen LogP contribution >= 0.6 is 11.8 Å². The summed E-state index contributed by atoms with van der Waals surface area (Å²) in [7, 11) is 0.305. The van der Waals surface area contributed by atoms with Crippen LogP contribution in [-0.4, -0.2) is 69.2 Å². The van der Waals surface area contributed by atoms with E-state index in [0.717, 1.165) is 82.9 Å². The first-order valence-electron chi connectivity index (χ1n) is 14.6. The fourth-order valence-electron chi connectivity index (χ4n) is 4.89. The first kappa shape index (κ1) is 31.4. The lowest BCUT2D eigenvalue weighted by atomic mass is 10.2. The average Bonchev–Trinajstić information content (AvgIpc) is 3.80. The normalized spacial score (nSPS) is 11.8. The van der Waals surface area contributed by atoms with Crippen molar-refractivity contribution in [2.75, 3.05) is 12.5 Å². The molecule has 0 aliphatic carbocycles. The number of fused-ring (bicyclic) bond motifs is 2. The summed E-state index contributed by atoms with van der Waals surface area (Å²) in [6.45, 7) is 4.29. The molecule has 6 aromatic rings. The summed E-state index contributed by atoms with van der Waals surface area (Å²) in [4.78, 5) is 17.9. The number of aryl methyl sites for hydroxylation is 4. The maximum Gasteiger partial charge on any atom is 0.198 e. The van der Waals surface area contributed by atoms with Crippen LogP contribution < -0.4 is 0 Å². The first-order chi connectivity index (χ1) is 21.1. The van der Waals surface area contributed by atoms with Gasteiger partial charge in [0, 0.05) is 56.3 Å². The van der Waals surface area contributed by atoms with Gasteiger partial charge in [0.1, 0.15) is 5.03 Å². The third kappa shape index (κ3) is 6.70. The highest BCUT2D eigenvalue weighted by Crippen LogP contribution is 2.26. The third-order valence-electron chi connectivity index (χ3n) is 7.14. The maximum atomic E-state index is 12.1. The van der Waals surface area contributed by atoms with Crippen molar-refractivity contribution in [3.8, 4) is 22.5 Å². The number of hydrogen-bond acceptors (Lipinski definition) is 9. The van der Waals surface area contributed by atoms with Crippen molar-refractivity contribution in [2.24, 2.45) is 14.1 Å². The van der Waals surface area contributed by atoms with Gasteiger partial charge in [-0.05, 0) is 31.9 Å². The highest BCUT2D eigenvalue weighted by molar-refractivity contribution is 7.98. The van der Waals surface area contributed by atoms with Gasteiger partial charge in [-0.3, -0.25) is 18.2 Å². The molecule has 0 radical (unpaired) electrons. The Morgan fingerprint density at radius 3 is 1.68 bits per heavy atom. The minimum atomic E-state index is -3.46. The van der Waals surface area contributed by atoms with Gasteiger partial charge < -0.3 is 0 Å². The standard InChI is InChI=1S/C15H19N5O2S.C15H19N5S/c1-4-5-6-12-10-20-13(11-7-17-19(2)9-11)8-16-14(20)15(18-12)23(3,21)22;1-4-5-6-12-10-20-13(11-7-17-19(2)9-11)8-16-14(20)15(18-12)21-3/h7-10H,4-6H2,1-3H3;7-10H,4-6H2,1-3H3. The highest BCUT2D eigenvalue weighted by Gasteiger charge is 2.20. The van der Waals surface area contributed by atoms with E-state index >= 15 is 0 Å². The Balaban J connectivity index is 0.000000175. The Morgan fingerprint density at radius 2 is 1.23 bits per heavy atom. The van der Waals surface area contributed by atoms with Crippen molar-refractivity contribution in [2.45, 2.75) is 62.4 Å². The molecule has 232 valence electrons. The van der Waals surface area contributed by atoms with Crippen molar-refractivity contribution in [1.82, 2.24) is 48.3 Å². The number of imidazole rings is 2. The summed E-state index contributed by atoms with van der Waals surface area (Å²) in [5.74, 6) is 0. The Kier molecular flexibility index (Phi) is 9.49. The number of sulfone groups is 1. The fraction of sp³-hybridized carbons (Fsp3) is 0.400. The molecule has 0 spiro atoms. The van der Waals surface area contributed by atoms with Gasteiger partial charge in [-0.2, -0.15) is 10.2 Å². The van der Waals surface area contributed by atoms with Crippen LogP contribution in [-0.2, 0) is 36.8 Å². The summed E-state index contributed by atoms with van der Waals surface area (Å²) in [5, 5.41) is 9.43. The minimum Gasteiger partial charge on any atom is -0.295 e. The van der Waals surface area contributed by atoms with Crippen molar-refractivity contribution >= 4 is 32.9 Å². The Hall–Kier alpha value is -4.04. The van der Waals surface area contributed by atoms with Crippen molar-refractivity contribution in [3.05, 3.63) is 61.0 Å². The van der Waals surface area contributed by atoms with Crippen LogP contribution in [0.5, 0.6) is 0 Å². The molecule has 0 amide bonds. The number of hydrogen-bond donors (Lipinski definition) is 0. The topological polar surface area (TPSA) is 130 Å². The maximum absolute atomic E-state index is 12.1. The molecule has 0 unspecified atom stereocenters.